The van der Waals surface area contributed by atoms with Crippen LogP contribution in [-0.2, 0) is 9.59 Å². The van der Waals surface area contributed by atoms with Gasteiger partial charge < -0.3 is 10.2 Å². The van der Waals surface area contributed by atoms with Crippen LogP contribution in [0.3, 0.4) is 0 Å². The summed E-state index contributed by atoms with van der Waals surface area (Å²) in [5, 5.41) is 13.5. The summed E-state index contributed by atoms with van der Waals surface area (Å²) >= 11 is 0. The fraction of sp³-hybridized carbons (Fsp3) is 0.500. The first-order valence-corrected chi connectivity index (χ1v) is 7.89. The van der Waals surface area contributed by atoms with E-state index < -0.39 is 4.92 Å². The highest BCUT2D eigenvalue weighted by Crippen LogP contribution is 2.30. The van der Waals surface area contributed by atoms with Crippen LogP contribution in [0, 0.1) is 16.0 Å². The summed E-state index contributed by atoms with van der Waals surface area (Å²) < 4.78 is 0. The van der Waals surface area contributed by atoms with Gasteiger partial charge in [-0.15, -0.1) is 0 Å². The predicted molar refractivity (Wildman–Crippen MR) is 83.8 cm³/mol. The van der Waals surface area contributed by atoms with E-state index in [1.54, 1.807) is 6.07 Å². The van der Waals surface area contributed by atoms with Crippen LogP contribution in [0.2, 0.25) is 0 Å². The normalized spacial score (nSPS) is 21.7. The number of anilines is 1. The summed E-state index contributed by atoms with van der Waals surface area (Å²) in [7, 11) is 0. The van der Waals surface area contributed by atoms with Crippen LogP contribution in [0.15, 0.2) is 24.3 Å². The molecule has 23 heavy (non-hydrogen) atoms. The first kappa shape index (κ1) is 15.5. The summed E-state index contributed by atoms with van der Waals surface area (Å²) in [4.78, 5) is 36.6. The molecule has 1 aromatic rings. The van der Waals surface area contributed by atoms with Crippen molar-refractivity contribution in [1.29, 1.82) is 0 Å². The van der Waals surface area contributed by atoms with E-state index in [1.807, 2.05) is 4.90 Å². The number of non-ortho nitro benzene ring substituents is 1. The average molecular weight is 317 g/mol. The standard InChI is InChI=1S/C16H19N3O4/c20-15-8-11(10-18(15)13-5-1-2-6-13)16(21)17-12-4-3-7-14(9-12)19(22)23/h3-4,7,9,11,13H,1-2,5-6,8,10H2,(H,17,21)/t11-/m1/s1. The lowest BCUT2D eigenvalue weighted by Gasteiger charge is -2.23. The molecular weight excluding hydrogens is 298 g/mol. The molecule has 0 unspecified atom stereocenters. The van der Waals surface area contributed by atoms with Crippen LogP contribution >= 0.6 is 0 Å². The third-order valence-electron chi connectivity index (χ3n) is 4.62. The molecule has 1 aliphatic heterocycles. The van der Waals surface area contributed by atoms with Gasteiger partial charge in [-0.25, -0.2) is 0 Å². The number of nitrogens with zero attached hydrogens (tertiary/aromatic N) is 2. The molecule has 2 fully saturated rings. The molecule has 0 spiro atoms. The van der Waals surface area contributed by atoms with Crippen LogP contribution in [-0.4, -0.2) is 34.2 Å². The second kappa shape index (κ2) is 6.36. The van der Waals surface area contributed by atoms with Crippen molar-refractivity contribution < 1.29 is 14.5 Å². The number of amides is 2. The van der Waals surface area contributed by atoms with Gasteiger partial charge in [0.25, 0.3) is 5.69 Å². The Morgan fingerprint density at radius 3 is 2.74 bits per heavy atom. The van der Waals surface area contributed by atoms with Crippen molar-refractivity contribution in [2.45, 2.75) is 38.1 Å². The maximum atomic E-state index is 12.3. The number of hydrogen-bond donors (Lipinski definition) is 1. The van der Waals surface area contributed by atoms with Crippen LogP contribution in [0.5, 0.6) is 0 Å². The van der Waals surface area contributed by atoms with Gasteiger partial charge in [-0.1, -0.05) is 18.9 Å². The summed E-state index contributed by atoms with van der Waals surface area (Å²) in [5.41, 5.74) is 0.314. The van der Waals surface area contributed by atoms with Gasteiger partial charge >= 0.3 is 0 Å². The zero-order valence-corrected chi connectivity index (χ0v) is 12.7. The lowest BCUT2D eigenvalue weighted by Crippen LogP contribution is -2.35. The average Bonchev–Trinajstić information content (AvgIpc) is 3.16. The summed E-state index contributed by atoms with van der Waals surface area (Å²) in [6, 6.07) is 6.10. The molecular formula is C16H19N3O4. The van der Waals surface area contributed by atoms with E-state index in [0.29, 0.717) is 12.2 Å². The van der Waals surface area contributed by atoms with E-state index in [1.165, 1.54) is 18.2 Å². The molecule has 1 aliphatic carbocycles. The fourth-order valence-corrected chi connectivity index (χ4v) is 3.42. The first-order valence-electron chi connectivity index (χ1n) is 7.89. The molecule has 2 amide bonds. The lowest BCUT2D eigenvalue weighted by atomic mass is 10.1. The smallest absolute Gasteiger partial charge is 0.271 e. The molecule has 2 aliphatic rings. The Kier molecular flexibility index (Phi) is 4.27. The molecule has 7 nitrogen and oxygen atoms in total. The van der Waals surface area contributed by atoms with E-state index in [0.717, 1.165) is 25.7 Å². The van der Waals surface area contributed by atoms with Crippen molar-refractivity contribution in [1.82, 2.24) is 4.90 Å². The Morgan fingerprint density at radius 1 is 1.30 bits per heavy atom. The second-order valence-corrected chi connectivity index (χ2v) is 6.18. The fourth-order valence-electron chi connectivity index (χ4n) is 3.42. The van der Waals surface area contributed by atoms with Gasteiger partial charge in [-0.3, -0.25) is 19.7 Å². The molecule has 1 saturated heterocycles. The van der Waals surface area contributed by atoms with Gasteiger partial charge in [0.1, 0.15) is 0 Å². The van der Waals surface area contributed by atoms with E-state index in [-0.39, 0.29) is 35.9 Å². The minimum atomic E-state index is -0.503. The summed E-state index contributed by atoms with van der Waals surface area (Å²) in [6.07, 6.45) is 4.53. The molecule has 7 heteroatoms. The number of carbonyl (C=O) groups excluding carboxylic acids is 2. The summed E-state index contributed by atoms with van der Waals surface area (Å²) in [6.45, 7) is 0.449. The minimum absolute atomic E-state index is 0.0380. The van der Waals surface area contributed by atoms with Crippen molar-refractivity contribution in [3.05, 3.63) is 34.4 Å². The number of nitrogens with one attached hydrogen (secondary N) is 1. The van der Waals surface area contributed by atoms with Crippen molar-refractivity contribution >= 4 is 23.2 Å². The van der Waals surface area contributed by atoms with Crippen molar-refractivity contribution in [3.8, 4) is 0 Å². The molecule has 0 bridgehead atoms. The number of benzene rings is 1. The van der Waals surface area contributed by atoms with E-state index in [9.17, 15) is 19.7 Å². The lowest BCUT2D eigenvalue weighted by molar-refractivity contribution is -0.384. The van der Waals surface area contributed by atoms with Crippen molar-refractivity contribution in [2.75, 3.05) is 11.9 Å². The molecule has 1 heterocycles. The topological polar surface area (TPSA) is 92.5 Å². The summed E-state index contributed by atoms with van der Waals surface area (Å²) in [5.74, 6) is -0.599. The van der Waals surface area contributed by atoms with Gasteiger partial charge in [-0.05, 0) is 18.9 Å². The number of hydrogen-bond acceptors (Lipinski definition) is 4. The molecule has 3 rings (SSSR count). The highest BCUT2D eigenvalue weighted by Gasteiger charge is 2.38. The number of rotatable bonds is 4. The van der Waals surface area contributed by atoms with Gasteiger partial charge in [0.15, 0.2) is 0 Å². The Hall–Kier alpha value is -2.44. The molecule has 1 saturated carbocycles. The first-order chi connectivity index (χ1) is 11.0. The van der Waals surface area contributed by atoms with E-state index in [4.69, 9.17) is 0 Å². The SMILES string of the molecule is O=C(Nc1cccc([N+](=O)[O-])c1)[C@@H]1CC(=O)N(C2CCCC2)C1. The van der Waals surface area contributed by atoms with Crippen molar-refractivity contribution in [2.24, 2.45) is 5.92 Å². The number of carbonyl (C=O) groups is 2. The Labute approximate surface area is 133 Å². The van der Waals surface area contributed by atoms with Gasteiger partial charge in [0, 0.05) is 36.8 Å². The van der Waals surface area contributed by atoms with Crippen LogP contribution < -0.4 is 5.32 Å². The molecule has 0 aromatic heterocycles. The molecule has 0 radical (unpaired) electrons. The minimum Gasteiger partial charge on any atom is -0.339 e. The van der Waals surface area contributed by atoms with Crippen LogP contribution in [0.25, 0.3) is 0 Å². The van der Waals surface area contributed by atoms with Gasteiger partial charge in [-0.2, -0.15) is 0 Å². The Balaban J connectivity index is 1.63. The zero-order chi connectivity index (χ0) is 16.4. The van der Waals surface area contributed by atoms with Crippen LogP contribution in [0.1, 0.15) is 32.1 Å². The van der Waals surface area contributed by atoms with Gasteiger partial charge in [0.2, 0.25) is 11.8 Å². The molecule has 122 valence electrons. The predicted octanol–water partition coefficient (Wildman–Crippen LogP) is 2.32. The largest absolute Gasteiger partial charge is 0.339 e. The highest BCUT2D eigenvalue weighted by molar-refractivity contribution is 5.97. The number of likely N-dealkylation sites (tertiary alicyclic amines) is 1. The number of nitro benzene ring substituents is 1. The van der Waals surface area contributed by atoms with Crippen molar-refractivity contribution in [3.63, 3.8) is 0 Å². The molecule has 1 aromatic carbocycles. The van der Waals surface area contributed by atoms with E-state index in [2.05, 4.69) is 5.32 Å². The molecule has 1 atom stereocenters. The monoisotopic (exact) mass is 317 g/mol. The Morgan fingerprint density at radius 2 is 2.04 bits per heavy atom. The van der Waals surface area contributed by atoms with E-state index >= 15 is 0 Å². The van der Waals surface area contributed by atoms with Crippen LogP contribution in [0.4, 0.5) is 11.4 Å². The highest BCUT2D eigenvalue weighted by atomic mass is 16.6. The maximum Gasteiger partial charge on any atom is 0.271 e. The quantitative estimate of drug-likeness (QED) is 0.681. The number of nitro groups is 1. The van der Waals surface area contributed by atoms with Gasteiger partial charge in [0.05, 0.1) is 10.8 Å². The third-order valence-corrected chi connectivity index (χ3v) is 4.62. The molecule has 1 N–H and O–H groups in total. The zero-order valence-electron chi connectivity index (χ0n) is 12.7. The second-order valence-electron chi connectivity index (χ2n) is 6.18. The Bertz CT molecular complexity index is 640. The third kappa shape index (κ3) is 3.33. The maximum absolute atomic E-state index is 12.3.